The molecule has 7 nitrogen and oxygen atoms in total. The molecule has 4 aliphatic carbocycles. The van der Waals surface area contributed by atoms with Crippen molar-refractivity contribution in [3.8, 4) is 11.5 Å². The molecular weight excluding hydrogens is 444 g/mol. The summed E-state index contributed by atoms with van der Waals surface area (Å²) >= 11 is 0. The Morgan fingerprint density at radius 2 is 1.91 bits per heavy atom. The van der Waals surface area contributed by atoms with Gasteiger partial charge in [-0.2, -0.15) is 0 Å². The second kappa shape index (κ2) is 7.28. The summed E-state index contributed by atoms with van der Waals surface area (Å²) < 4.78 is 6.65. The number of carboxylic acid groups (broad SMARTS) is 1. The van der Waals surface area contributed by atoms with Crippen LogP contribution < -0.4 is 4.74 Å². The molecule has 1 aromatic carbocycles. The topological polar surface area (TPSA) is 93.5 Å². The Labute approximate surface area is 207 Å². The predicted molar refractivity (Wildman–Crippen MR) is 130 cm³/mol. The Balaban J connectivity index is 1.36. The Morgan fingerprint density at radius 3 is 2.63 bits per heavy atom. The van der Waals surface area contributed by atoms with Crippen LogP contribution in [0, 0.1) is 5.92 Å². The standard InChI is InChI=1S/C28H38N2O5/c1-26(10-3-2-4-11-26)30(25(32)33)19-9-12-28(34)21-15-18-7-8-20(31)23-22(18)27(28,24(19)35-23)13-14-29(21)16-17-5-6-17/h7-8,17,19,21,24,31,34H,2-6,9-16H2,1H3,(H,32,33)/t19-,21+,24-,27-,28+/m0/s1. The van der Waals surface area contributed by atoms with E-state index in [2.05, 4.69) is 11.8 Å². The Kier molecular flexibility index (Phi) is 4.63. The van der Waals surface area contributed by atoms with Gasteiger partial charge in [0.1, 0.15) is 6.10 Å². The number of phenols is 1. The van der Waals surface area contributed by atoms with Gasteiger partial charge in [0, 0.05) is 23.7 Å². The molecule has 6 aliphatic rings. The zero-order valence-corrected chi connectivity index (χ0v) is 20.7. The summed E-state index contributed by atoms with van der Waals surface area (Å²) in [5.74, 6) is 1.34. The zero-order chi connectivity index (χ0) is 24.2. The highest BCUT2D eigenvalue weighted by Gasteiger charge is 2.74. The predicted octanol–water partition coefficient (Wildman–Crippen LogP) is 4.03. The van der Waals surface area contributed by atoms with Crippen molar-refractivity contribution in [1.29, 1.82) is 0 Å². The van der Waals surface area contributed by atoms with E-state index in [1.807, 2.05) is 6.07 Å². The van der Waals surface area contributed by atoms with Crippen LogP contribution in [-0.2, 0) is 11.8 Å². The fraction of sp³-hybridized carbons (Fsp3) is 0.750. The lowest BCUT2D eigenvalue weighted by molar-refractivity contribution is -0.203. The average Bonchev–Trinajstić information content (AvgIpc) is 3.56. The normalized spacial score (nSPS) is 39.0. The van der Waals surface area contributed by atoms with E-state index >= 15 is 0 Å². The van der Waals surface area contributed by atoms with Crippen LogP contribution in [0.3, 0.4) is 0 Å². The van der Waals surface area contributed by atoms with Crippen molar-refractivity contribution in [2.45, 2.75) is 112 Å². The summed E-state index contributed by atoms with van der Waals surface area (Å²) in [5, 5.41) is 34.1. The fourth-order valence-electron chi connectivity index (χ4n) is 9.05. The first-order valence-electron chi connectivity index (χ1n) is 13.8. The first-order valence-corrected chi connectivity index (χ1v) is 13.8. The molecule has 3 saturated carbocycles. The van der Waals surface area contributed by atoms with Crippen molar-refractivity contribution in [1.82, 2.24) is 9.80 Å². The number of likely N-dealkylation sites (tertiary alicyclic amines) is 1. The second-order valence-corrected chi connectivity index (χ2v) is 12.6. The summed E-state index contributed by atoms with van der Waals surface area (Å²) in [6.45, 7) is 4.03. The van der Waals surface area contributed by atoms with Gasteiger partial charge in [-0.25, -0.2) is 4.79 Å². The highest BCUT2D eigenvalue weighted by molar-refractivity contribution is 5.68. The molecule has 2 bridgehead atoms. The number of nitrogens with zero attached hydrogens (tertiary/aromatic N) is 2. The first kappa shape index (κ1) is 22.2. The molecule has 1 saturated heterocycles. The lowest BCUT2D eigenvalue weighted by atomic mass is 9.48. The number of hydrogen-bond donors (Lipinski definition) is 3. The van der Waals surface area contributed by atoms with Crippen molar-refractivity contribution in [2.75, 3.05) is 13.1 Å². The van der Waals surface area contributed by atoms with Gasteiger partial charge in [0.2, 0.25) is 0 Å². The lowest BCUT2D eigenvalue weighted by Crippen LogP contribution is -2.79. The quantitative estimate of drug-likeness (QED) is 0.600. The van der Waals surface area contributed by atoms with Crippen LogP contribution in [0.1, 0.15) is 82.3 Å². The minimum Gasteiger partial charge on any atom is -0.504 e. The van der Waals surface area contributed by atoms with Gasteiger partial charge in [-0.1, -0.05) is 25.3 Å². The van der Waals surface area contributed by atoms with Crippen molar-refractivity contribution in [3.05, 3.63) is 23.3 Å². The molecule has 2 aliphatic heterocycles. The lowest BCUT2D eigenvalue weighted by Gasteiger charge is -2.65. The zero-order valence-electron chi connectivity index (χ0n) is 20.7. The molecule has 5 atom stereocenters. The van der Waals surface area contributed by atoms with Crippen molar-refractivity contribution >= 4 is 6.09 Å². The number of amides is 1. The van der Waals surface area contributed by atoms with E-state index in [9.17, 15) is 20.1 Å². The molecule has 190 valence electrons. The van der Waals surface area contributed by atoms with E-state index in [4.69, 9.17) is 4.74 Å². The molecule has 35 heavy (non-hydrogen) atoms. The number of benzene rings is 1. The van der Waals surface area contributed by atoms with Gasteiger partial charge in [0.05, 0.1) is 17.1 Å². The van der Waals surface area contributed by atoms with E-state index in [-0.39, 0.29) is 17.8 Å². The Hall–Kier alpha value is -1.99. The van der Waals surface area contributed by atoms with Crippen LogP contribution in [0.15, 0.2) is 12.1 Å². The average molecular weight is 483 g/mol. The Morgan fingerprint density at radius 1 is 1.14 bits per heavy atom. The summed E-state index contributed by atoms with van der Waals surface area (Å²) in [4.78, 5) is 17.1. The van der Waals surface area contributed by atoms with E-state index in [0.29, 0.717) is 18.6 Å². The maximum atomic E-state index is 12.9. The van der Waals surface area contributed by atoms with Gasteiger partial charge < -0.3 is 20.1 Å². The van der Waals surface area contributed by atoms with E-state index in [1.165, 1.54) is 12.8 Å². The number of aliphatic hydroxyl groups is 1. The van der Waals surface area contributed by atoms with Crippen LogP contribution in [0.2, 0.25) is 0 Å². The number of piperidine rings is 1. The van der Waals surface area contributed by atoms with E-state index in [0.717, 1.165) is 75.1 Å². The SMILES string of the molecule is CC1(N(C(=O)O)[C@H]2CC[C@@]3(O)[C@H]4Cc5ccc(O)c6c5[C@@]3(CCN4CC3CC3)[C@H]2O6)CCCCC1. The van der Waals surface area contributed by atoms with Crippen molar-refractivity contribution in [2.24, 2.45) is 5.92 Å². The van der Waals surface area contributed by atoms with E-state index < -0.39 is 28.8 Å². The van der Waals surface area contributed by atoms with Crippen molar-refractivity contribution in [3.63, 3.8) is 0 Å². The van der Waals surface area contributed by atoms with Crippen LogP contribution in [-0.4, -0.2) is 73.6 Å². The molecule has 0 aromatic heterocycles. The molecule has 3 N–H and O–H groups in total. The molecule has 0 unspecified atom stereocenters. The summed E-state index contributed by atoms with van der Waals surface area (Å²) in [6.07, 6.45) is 8.79. The van der Waals surface area contributed by atoms with Crippen LogP contribution in [0.4, 0.5) is 4.79 Å². The highest BCUT2D eigenvalue weighted by atomic mass is 16.5. The van der Waals surface area contributed by atoms with Gasteiger partial charge in [0.25, 0.3) is 0 Å². The number of rotatable bonds is 4. The molecule has 1 aromatic rings. The molecule has 0 radical (unpaired) electrons. The van der Waals surface area contributed by atoms with Crippen LogP contribution >= 0.6 is 0 Å². The summed E-state index contributed by atoms with van der Waals surface area (Å²) in [6, 6.07) is 3.40. The summed E-state index contributed by atoms with van der Waals surface area (Å²) in [5.41, 5.74) is 0.0365. The molecule has 4 fully saturated rings. The third kappa shape index (κ3) is 2.83. The van der Waals surface area contributed by atoms with Crippen LogP contribution in [0.5, 0.6) is 11.5 Å². The molecule has 7 rings (SSSR count). The maximum absolute atomic E-state index is 12.9. The minimum atomic E-state index is -0.981. The second-order valence-electron chi connectivity index (χ2n) is 12.6. The van der Waals surface area contributed by atoms with Gasteiger partial charge in [-0.3, -0.25) is 9.80 Å². The molecule has 7 heteroatoms. The highest BCUT2D eigenvalue weighted by Crippen LogP contribution is 2.66. The molecule has 1 amide bonds. The summed E-state index contributed by atoms with van der Waals surface area (Å²) in [7, 11) is 0. The molecule has 1 spiro atoms. The smallest absolute Gasteiger partial charge is 0.408 e. The first-order chi connectivity index (χ1) is 16.8. The monoisotopic (exact) mass is 482 g/mol. The number of phenolic OH excluding ortho intramolecular Hbond substituents is 1. The van der Waals surface area contributed by atoms with Gasteiger partial charge in [0.15, 0.2) is 11.5 Å². The number of hydrogen-bond acceptors (Lipinski definition) is 5. The number of carbonyl (C=O) groups is 1. The fourth-order valence-corrected chi connectivity index (χ4v) is 9.05. The number of aromatic hydroxyl groups is 1. The Bertz CT molecular complexity index is 1070. The largest absolute Gasteiger partial charge is 0.504 e. The van der Waals surface area contributed by atoms with Crippen molar-refractivity contribution < 1.29 is 24.9 Å². The third-order valence-electron chi connectivity index (χ3n) is 10.8. The van der Waals surface area contributed by atoms with Gasteiger partial charge >= 0.3 is 6.09 Å². The van der Waals surface area contributed by atoms with Gasteiger partial charge in [-0.05, 0) is 82.4 Å². The van der Waals surface area contributed by atoms with Crippen LogP contribution in [0.25, 0.3) is 0 Å². The number of ether oxygens (including phenoxy) is 1. The minimum absolute atomic E-state index is 0.00967. The maximum Gasteiger partial charge on any atom is 0.408 e. The molecule has 2 heterocycles. The van der Waals surface area contributed by atoms with Gasteiger partial charge in [-0.15, -0.1) is 0 Å². The third-order valence-corrected chi connectivity index (χ3v) is 10.8. The molecular formula is C28H38N2O5. The van der Waals surface area contributed by atoms with E-state index in [1.54, 1.807) is 11.0 Å².